The molecule has 0 saturated heterocycles. The quantitative estimate of drug-likeness (QED) is 0.919. The molecule has 0 amide bonds. The van der Waals surface area contributed by atoms with Gasteiger partial charge in [0.25, 0.3) is 0 Å². The van der Waals surface area contributed by atoms with Gasteiger partial charge in [-0.05, 0) is 64.3 Å². The van der Waals surface area contributed by atoms with Crippen molar-refractivity contribution in [1.82, 2.24) is 4.98 Å². The van der Waals surface area contributed by atoms with Crippen LogP contribution in [0, 0.1) is 0 Å². The first-order valence-electron chi connectivity index (χ1n) is 5.62. The van der Waals surface area contributed by atoms with E-state index < -0.39 is 0 Å². The zero-order valence-electron chi connectivity index (χ0n) is 9.47. The van der Waals surface area contributed by atoms with E-state index in [1.807, 2.05) is 24.5 Å². The zero-order valence-corrected chi connectivity index (χ0v) is 11.9. The first kappa shape index (κ1) is 12.7. The minimum absolute atomic E-state index is 0.220. The maximum atomic E-state index is 6.15. The summed E-state index contributed by atoms with van der Waals surface area (Å²) in [5.74, 6) is 0. The van der Waals surface area contributed by atoms with Crippen molar-refractivity contribution in [3.8, 4) is 0 Å². The Labute approximate surface area is 114 Å². The van der Waals surface area contributed by atoms with Gasteiger partial charge in [-0.1, -0.05) is 0 Å². The van der Waals surface area contributed by atoms with Gasteiger partial charge in [0.2, 0.25) is 0 Å². The van der Waals surface area contributed by atoms with Crippen molar-refractivity contribution in [2.24, 2.45) is 5.73 Å². The lowest BCUT2D eigenvalue weighted by Crippen LogP contribution is -2.23. The largest absolute Gasteiger partial charge is 0.327 e. The second kappa shape index (κ2) is 6.28. The average Bonchev–Trinajstić information content (AvgIpc) is 2.74. The van der Waals surface area contributed by atoms with E-state index in [0.29, 0.717) is 0 Å². The highest BCUT2D eigenvalue weighted by atomic mass is 79.9. The number of pyridine rings is 1. The summed E-state index contributed by atoms with van der Waals surface area (Å²) in [5, 5.41) is 2.09. The number of hydrogen-bond donors (Lipinski definition) is 1. The number of thiophene rings is 1. The summed E-state index contributed by atoms with van der Waals surface area (Å²) in [6.45, 7) is 0. The summed E-state index contributed by atoms with van der Waals surface area (Å²) >= 11 is 5.30. The fourth-order valence-corrected chi connectivity index (χ4v) is 3.32. The van der Waals surface area contributed by atoms with Crippen LogP contribution in [0.2, 0.25) is 0 Å². The summed E-state index contributed by atoms with van der Waals surface area (Å²) in [7, 11) is 0. The smallest absolute Gasteiger partial charge is 0.0314 e. The molecule has 90 valence electrons. The third-order valence-corrected chi connectivity index (χ3v) is 4.64. The standard InChI is InChI=1S/C13H15BrN2S/c14-12-5-8-17-13(12)9-11(15)2-1-10-3-6-16-7-4-10/h3-8,11H,1-2,9,15H2. The van der Waals surface area contributed by atoms with Crippen molar-refractivity contribution in [2.75, 3.05) is 0 Å². The van der Waals surface area contributed by atoms with Gasteiger partial charge < -0.3 is 5.73 Å². The van der Waals surface area contributed by atoms with Gasteiger partial charge in [0.05, 0.1) is 0 Å². The van der Waals surface area contributed by atoms with Gasteiger partial charge >= 0.3 is 0 Å². The van der Waals surface area contributed by atoms with E-state index >= 15 is 0 Å². The van der Waals surface area contributed by atoms with Crippen molar-refractivity contribution in [2.45, 2.75) is 25.3 Å². The maximum absolute atomic E-state index is 6.15. The molecule has 0 aliphatic rings. The lowest BCUT2D eigenvalue weighted by Gasteiger charge is -2.10. The highest BCUT2D eigenvalue weighted by molar-refractivity contribution is 9.10. The summed E-state index contributed by atoms with van der Waals surface area (Å²) in [5.41, 5.74) is 7.46. The summed E-state index contributed by atoms with van der Waals surface area (Å²) in [4.78, 5) is 5.35. The van der Waals surface area contributed by atoms with E-state index in [1.165, 1.54) is 14.9 Å². The minimum Gasteiger partial charge on any atom is -0.327 e. The van der Waals surface area contributed by atoms with Gasteiger partial charge in [0.15, 0.2) is 0 Å². The van der Waals surface area contributed by atoms with Gasteiger partial charge in [-0.15, -0.1) is 11.3 Å². The molecule has 17 heavy (non-hydrogen) atoms. The predicted octanol–water partition coefficient (Wildman–Crippen LogP) is 3.41. The van der Waals surface area contributed by atoms with E-state index in [0.717, 1.165) is 19.3 Å². The second-order valence-corrected chi connectivity index (χ2v) is 5.91. The molecule has 0 bridgehead atoms. The summed E-state index contributed by atoms with van der Waals surface area (Å²) < 4.78 is 1.18. The number of hydrogen-bond acceptors (Lipinski definition) is 3. The Hall–Kier alpha value is -0.710. The number of halogens is 1. The molecular weight excluding hydrogens is 296 g/mol. The number of nitrogens with two attached hydrogens (primary N) is 1. The molecule has 0 radical (unpaired) electrons. The predicted molar refractivity (Wildman–Crippen MR) is 76.3 cm³/mol. The fourth-order valence-electron chi connectivity index (χ4n) is 1.71. The van der Waals surface area contributed by atoms with Gasteiger partial charge in [0.1, 0.15) is 0 Å². The molecule has 0 spiro atoms. The molecule has 2 N–H and O–H groups in total. The van der Waals surface area contributed by atoms with Crippen LogP contribution in [0.15, 0.2) is 40.4 Å². The molecule has 1 atom stereocenters. The molecular formula is C13H15BrN2S. The van der Waals surface area contributed by atoms with Crippen LogP contribution < -0.4 is 5.73 Å². The second-order valence-electron chi connectivity index (χ2n) is 4.05. The first-order chi connectivity index (χ1) is 8.25. The van der Waals surface area contributed by atoms with Gasteiger partial charge in [0, 0.05) is 27.8 Å². The van der Waals surface area contributed by atoms with Gasteiger partial charge in [-0.3, -0.25) is 4.98 Å². The lowest BCUT2D eigenvalue weighted by molar-refractivity contribution is 0.614. The van der Waals surface area contributed by atoms with Crippen LogP contribution in [0.25, 0.3) is 0 Å². The normalized spacial score (nSPS) is 12.6. The van der Waals surface area contributed by atoms with Crippen LogP contribution >= 0.6 is 27.3 Å². The Morgan fingerprint density at radius 3 is 2.71 bits per heavy atom. The van der Waals surface area contributed by atoms with Crippen molar-refractivity contribution in [3.05, 3.63) is 50.9 Å². The monoisotopic (exact) mass is 310 g/mol. The van der Waals surface area contributed by atoms with Crippen LogP contribution in [-0.2, 0) is 12.8 Å². The van der Waals surface area contributed by atoms with Crippen LogP contribution in [-0.4, -0.2) is 11.0 Å². The van der Waals surface area contributed by atoms with Crippen molar-refractivity contribution >= 4 is 27.3 Å². The van der Waals surface area contributed by atoms with E-state index in [2.05, 4.69) is 32.4 Å². The topological polar surface area (TPSA) is 38.9 Å². The molecule has 0 aliphatic heterocycles. The summed E-state index contributed by atoms with van der Waals surface area (Å²) in [6.07, 6.45) is 6.64. The molecule has 1 unspecified atom stereocenters. The average molecular weight is 311 g/mol. The molecule has 0 saturated carbocycles. The van der Waals surface area contributed by atoms with Crippen LogP contribution in [0.5, 0.6) is 0 Å². The first-order valence-corrected chi connectivity index (χ1v) is 7.29. The van der Waals surface area contributed by atoms with Crippen LogP contribution in [0.3, 0.4) is 0 Å². The van der Waals surface area contributed by atoms with Crippen molar-refractivity contribution in [1.29, 1.82) is 0 Å². The molecule has 2 heterocycles. The van der Waals surface area contributed by atoms with E-state index in [1.54, 1.807) is 11.3 Å². The Balaban J connectivity index is 1.82. The Kier molecular flexibility index (Phi) is 4.71. The molecule has 2 nitrogen and oxygen atoms in total. The van der Waals surface area contributed by atoms with E-state index in [9.17, 15) is 0 Å². The summed E-state index contributed by atoms with van der Waals surface area (Å²) in [6, 6.07) is 6.40. The number of rotatable bonds is 5. The minimum atomic E-state index is 0.220. The molecule has 0 fully saturated rings. The van der Waals surface area contributed by atoms with Gasteiger partial charge in [-0.2, -0.15) is 0 Å². The molecule has 2 rings (SSSR count). The SMILES string of the molecule is NC(CCc1ccncc1)Cc1sccc1Br. The molecule has 4 heteroatoms. The molecule has 0 aromatic carbocycles. The third kappa shape index (κ3) is 3.91. The Bertz CT molecular complexity index is 455. The Morgan fingerprint density at radius 1 is 1.29 bits per heavy atom. The van der Waals surface area contributed by atoms with Crippen molar-refractivity contribution < 1.29 is 0 Å². The van der Waals surface area contributed by atoms with Gasteiger partial charge in [-0.25, -0.2) is 0 Å². The molecule has 2 aromatic rings. The fraction of sp³-hybridized carbons (Fsp3) is 0.308. The van der Waals surface area contributed by atoms with E-state index in [4.69, 9.17) is 5.73 Å². The lowest BCUT2D eigenvalue weighted by atomic mass is 10.0. The maximum Gasteiger partial charge on any atom is 0.0314 e. The highest BCUT2D eigenvalue weighted by Gasteiger charge is 2.08. The zero-order chi connectivity index (χ0) is 12.1. The van der Waals surface area contributed by atoms with Crippen LogP contribution in [0.4, 0.5) is 0 Å². The Morgan fingerprint density at radius 2 is 2.06 bits per heavy atom. The molecule has 0 aliphatic carbocycles. The number of aryl methyl sites for hydroxylation is 1. The number of aromatic nitrogens is 1. The van der Waals surface area contributed by atoms with E-state index in [-0.39, 0.29) is 6.04 Å². The van der Waals surface area contributed by atoms with Crippen molar-refractivity contribution in [3.63, 3.8) is 0 Å². The van der Waals surface area contributed by atoms with Crippen LogP contribution in [0.1, 0.15) is 16.9 Å². The highest BCUT2D eigenvalue weighted by Crippen LogP contribution is 2.24. The molecule has 2 aromatic heterocycles. The third-order valence-electron chi connectivity index (χ3n) is 2.69. The number of nitrogens with zero attached hydrogens (tertiary/aromatic N) is 1.